The van der Waals surface area contributed by atoms with E-state index in [4.69, 9.17) is 4.74 Å². The summed E-state index contributed by atoms with van der Waals surface area (Å²) in [4.78, 5) is 14.2. The van der Waals surface area contributed by atoms with E-state index in [9.17, 15) is 13.2 Å². The van der Waals surface area contributed by atoms with Crippen LogP contribution in [0.2, 0.25) is 0 Å². The van der Waals surface area contributed by atoms with Crippen molar-refractivity contribution in [2.45, 2.75) is 38.1 Å². The number of likely N-dealkylation sites (tertiary alicyclic amines) is 1. The molecule has 0 bridgehead atoms. The van der Waals surface area contributed by atoms with Crippen molar-refractivity contribution in [2.24, 2.45) is 0 Å². The maximum Gasteiger partial charge on any atom is 0.288 e. The zero-order valence-electron chi connectivity index (χ0n) is 12.2. The Kier molecular flexibility index (Phi) is 4.21. The maximum absolute atomic E-state index is 12.4. The van der Waals surface area contributed by atoms with Crippen molar-refractivity contribution in [2.75, 3.05) is 32.0 Å². The van der Waals surface area contributed by atoms with Crippen LogP contribution in [0.4, 0.5) is 0 Å². The molecule has 0 aromatic heterocycles. The Bertz CT molecular complexity index is 543. The van der Waals surface area contributed by atoms with Gasteiger partial charge in [-0.3, -0.25) is 4.79 Å². The van der Waals surface area contributed by atoms with Crippen LogP contribution in [0.5, 0.6) is 0 Å². The van der Waals surface area contributed by atoms with E-state index in [0.717, 1.165) is 25.7 Å². The lowest BCUT2D eigenvalue weighted by atomic mass is 10.0. The lowest BCUT2D eigenvalue weighted by molar-refractivity contribution is -0.132. The van der Waals surface area contributed by atoms with Gasteiger partial charge in [-0.2, -0.15) is 4.31 Å². The van der Waals surface area contributed by atoms with Crippen molar-refractivity contribution in [1.82, 2.24) is 9.21 Å². The molecule has 3 rings (SSSR count). The van der Waals surface area contributed by atoms with Crippen molar-refractivity contribution in [3.8, 4) is 0 Å². The standard InChI is InChI=1S/C14H22N2O4S/c17-14(13-6-1-2-9-20-13)15-7-3-5-12(11-15)16-8-4-10-21(16,18)19/h6,12H,1-5,7-11H2. The Morgan fingerprint density at radius 1 is 1.24 bits per heavy atom. The van der Waals surface area contributed by atoms with Crippen LogP contribution in [0.15, 0.2) is 11.8 Å². The second kappa shape index (κ2) is 5.96. The third-order valence-corrected chi connectivity index (χ3v) is 6.38. The molecule has 1 unspecified atom stereocenters. The average molecular weight is 314 g/mol. The Hall–Kier alpha value is -1.08. The predicted octanol–water partition coefficient (Wildman–Crippen LogP) is 0.707. The van der Waals surface area contributed by atoms with Gasteiger partial charge in [0.15, 0.2) is 5.76 Å². The van der Waals surface area contributed by atoms with Gasteiger partial charge < -0.3 is 9.64 Å². The van der Waals surface area contributed by atoms with Gasteiger partial charge in [0.05, 0.1) is 12.4 Å². The van der Waals surface area contributed by atoms with Crippen LogP contribution >= 0.6 is 0 Å². The molecule has 0 aliphatic carbocycles. The van der Waals surface area contributed by atoms with Crippen LogP contribution in [-0.2, 0) is 19.6 Å². The first-order chi connectivity index (χ1) is 10.1. The summed E-state index contributed by atoms with van der Waals surface area (Å²) in [5.74, 6) is 0.591. The number of carbonyl (C=O) groups excluding carboxylic acids is 1. The van der Waals surface area contributed by atoms with Crippen LogP contribution in [0.1, 0.15) is 32.1 Å². The zero-order chi connectivity index (χ0) is 14.9. The second-order valence-electron chi connectivity index (χ2n) is 5.89. The molecule has 0 N–H and O–H groups in total. The number of amides is 1. The fraction of sp³-hybridized carbons (Fsp3) is 0.786. The quantitative estimate of drug-likeness (QED) is 0.753. The van der Waals surface area contributed by atoms with Crippen molar-refractivity contribution < 1.29 is 17.9 Å². The Labute approximate surface area is 125 Å². The zero-order valence-corrected chi connectivity index (χ0v) is 13.0. The van der Waals surface area contributed by atoms with Gasteiger partial charge in [-0.25, -0.2) is 8.42 Å². The number of piperidine rings is 1. The normalized spacial score (nSPS) is 29.8. The Morgan fingerprint density at radius 3 is 2.76 bits per heavy atom. The van der Waals surface area contributed by atoms with Gasteiger partial charge in [0, 0.05) is 25.7 Å². The molecule has 3 aliphatic rings. The summed E-state index contributed by atoms with van der Waals surface area (Å²) in [5.41, 5.74) is 0. The maximum atomic E-state index is 12.4. The molecule has 0 saturated carbocycles. The number of ether oxygens (including phenoxy) is 1. The van der Waals surface area contributed by atoms with E-state index < -0.39 is 10.0 Å². The lowest BCUT2D eigenvalue weighted by Crippen LogP contribution is -2.50. The summed E-state index contributed by atoms with van der Waals surface area (Å²) in [7, 11) is -3.11. The second-order valence-corrected chi connectivity index (χ2v) is 7.93. The van der Waals surface area contributed by atoms with Gasteiger partial charge in [-0.05, 0) is 38.2 Å². The molecule has 0 radical (unpaired) electrons. The number of carbonyl (C=O) groups is 1. The van der Waals surface area contributed by atoms with Gasteiger partial charge in [0.25, 0.3) is 5.91 Å². The highest BCUT2D eigenvalue weighted by molar-refractivity contribution is 7.89. The highest BCUT2D eigenvalue weighted by Crippen LogP contribution is 2.25. The van der Waals surface area contributed by atoms with Crippen LogP contribution in [-0.4, -0.2) is 61.6 Å². The lowest BCUT2D eigenvalue weighted by Gasteiger charge is -2.37. The average Bonchev–Trinajstić information content (AvgIpc) is 2.87. The molecule has 118 valence electrons. The molecule has 0 aromatic carbocycles. The SMILES string of the molecule is O=C(C1=CCCCO1)N1CCCC(N2CCCS2(=O)=O)C1. The Balaban J connectivity index is 1.68. The molecule has 7 heteroatoms. The highest BCUT2D eigenvalue weighted by Gasteiger charge is 2.38. The molecule has 21 heavy (non-hydrogen) atoms. The summed E-state index contributed by atoms with van der Waals surface area (Å²) in [5, 5.41) is 0. The fourth-order valence-corrected chi connectivity index (χ4v) is 5.07. The van der Waals surface area contributed by atoms with E-state index in [1.807, 2.05) is 6.08 Å². The number of nitrogens with zero attached hydrogens (tertiary/aromatic N) is 2. The summed E-state index contributed by atoms with van der Waals surface area (Å²) < 4.78 is 31.1. The van der Waals surface area contributed by atoms with Crippen LogP contribution in [0.25, 0.3) is 0 Å². The number of hydrogen-bond donors (Lipinski definition) is 0. The first-order valence-electron chi connectivity index (χ1n) is 7.70. The number of sulfonamides is 1. The Morgan fingerprint density at radius 2 is 2.10 bits per heavy atom. The van der Waals surface area contributed by atoms with E-state index in [1.165, 1.54) is 0 Å². The molecule has 0 aromatic rings. The molecule has 2 fully saturated rings. The number of rotatable bonds is 2. The molecule has 0 spiro atoms. The molecular formula is C14H22N2O4S. The first kappa shape index (κ1) is 14.8. The third kappa shape index (κ3) is 3.08. The molecule has 2 saturated heterocycles. The minimum Gasteiger partial charge on any atom is -0.488 e. The van der Waals surface area contributed by atoms with E-state index in [-0.39, 0.29) is 17.7 Å². The van der Waals surface area contributed by atoms with Crippen LogP contribution in [0.3, 0.4) is 0 Å². The molecular weight excluding hydrogens is 292 g/mol. The van der Waals surface area contributed by atoms with Crippen LogP contribution < -0.4 is 0 Å². The van der Waals surface area contributed by atoms with Gasteiger partial charge in [0.2, 0.25) is 10.0 Å². The molecule has 3 aliphatic heterocycles. The fourth-order valence-electron chi connectivity index (χ4n) is 3.31. The highest BCUT2D eigenvalue weighted by atomic mass is 32.2. The van der Waals surface area contributed by atoms with Gasteiger partial charge in [-0.15, -0.1) is 0 Å². The van der Waals surface area contributed by atoms with Gasteiger partial charge in [0.1, 0.15) is 0 Å². The minimum absolute atomic E-state index is 0.0700. The van der Waals surface area contributed by atoms with E-state index >= 15 is 0 Å². The molecule has 6 nitrogen and oxygen atoms in total. The molecule has 1 atom stereocenters. The smallest absolute Gasteiger partial charge is 0.288 e. The third-order valence-electron chi connectivity index (χ3n) is 4.38. The number of allylic oxidation sites excluding steroid dienone is 1. The van der Waals surface area contributed by atoms with Crippen LogP contribution in [0, 0.1) is 0 Å². The van der Waals surface area contributed by atoms with Crippen molar-refractivity contribution in [3.05, 3.63) is 11.8 Å². The summed E-state index contributed by atoms with van der Waals surface area (Å²) in [6.45, 7) is 2.35. The summed E-state index contributed by atoms with van der Waals surface area (Å²) in [6.07, 6.45) is 6.05. The van der Waals surface area contributed by atoms with Crippen molar-refractivity contribution >= 4 is 15.9 Å². The van der Waals surface area contributed by atoms with E-state index in [1.54, 1.807) is 9.21 Å². The number of hydrogen-bond acceptors (Lipinski definition) is 4. The minimum atomic E-state index is -3.11. The van der Waals surface area contributed by atoms with Crippen molar-refractivity contribution in [1.29, 1.82) is 0 Å². The molecule has 3 heterocycles. The molecule has 1 amide bonds. The topological polar surface area (TPSA) is 66.9 Å². The first-order valence-corrected chi connectivity index (χ1v) is 9.30. The van der Waals surface area contributed by atoms with E-state index in [0.29, 0.717) is 38.4 Å². The largest absolute Gasteiger partial charge is 0.488 e. The summed E-state index contributed by atoms with van der Waals surface area (Å²) >= 11 is 0. The van der Waals surface area contributed by atoms with Gasteiger partial charge in [-0.1, -0.05) is 0 Å². The predicted molar refractivity (Wildman–Crippen MR) is 78.0 cm³/mol. The monoisotopic (exact) mass is 314 g/mol. The van der Waals surface area contributed by atoms with Crippen molar-refractivity contribution in [3.63, 3.8) is 0 Å². The van der Waals surface area contributed by atoms with Gasteiger partial charge >= 0.3 is 0 Å². The van der Waals surface area contributed by atoms with E-state index in [2.05, 4.69) is 0 Å². The summed E-state index contributed by atoms with van der Waals surface area (Å²) in [6, 6.07) is -0.0700.